The summed E-state index contributed by atoms with van der Waals surface area (Å²) in [6.45, 7) is 5.22. The molecule has 1 heterocycles. The van der Waals surface area contributed by atoms with Gasteiger partial charge in [0.1, 0.15) is 0 Å². The molecule has 0 spiro atoms. The normalized spacial score (nSPS) is 11.4. The van der Waals surface area contributed by atoms with Crippen molar-refractivity contribution in [1.82, 2.24) is 5.32 Å². The molecule has 2 aromatic carbocycles. The van der Waals surface area contributed by atoms with E-state index in [0.29, 0.717) is 25.9 Å². The highest BCUT2D eigenvalue weighted by Crippen LogP contribution is 2.19. The molecule has 36 heavy (non-hydrogen) atoms. The molecule has 1 aromatic heterocycles. The summed E-state index contributed by atoms with van der Waals surface area (Å²) < 4.78 is 58.7. The zero-order valence-corrected chi connectivity index (χ0v) is 21.4. The number of hydrogen-bond acceptors (Lipinski definition) is 7. The lowest BCUT2D eigenvalue weighted by molar-refractivity contribution is -2.00. The molecule has 0 saturated heterocycles. The highest BCUT2D eigenvalue weighted by Gasteiger charge is 2.15. The number of carbonyl (C=O) groups is 1. The second-order valence-electron chi connectivity index (χ2n) is 7.96. The lowest BCUT2D eigenvalue weighted by Crippen LogP contribution is -2.68. The zero-order chi connectivity index (χ0) is 26.9. The summed E-state index contributed by atoms with van der Waals surface area (Å²) in [6, 6.07) is 20.9. The summed E-state index contributed by atoms with van der Waals surface area (Å²) in [4.78, 5) is 12.4. The van der Waals surface area contributed by atoms with Crippen molar-refractivity contribution in [1.29, 1.82) is 0 Å². The topological polar surface area (TPSA) is 185 Å². The number of hydrogen-bond donors (Lipinski definition) is 2. The molecule has 3 aromatic rings. The zero-order valence-electron chi connectivity index (χ0n) is 19.8. The van der Waals surface area contributed by atoms with Gasteiger partial charge in [-0.2, -0.15) is 4.57 Å². The molecule has 0 aliphatic carbocycles. The maximum atomic E-state index is 12.3. The molecule has 194 valence electrons. The number of sulfonamides is 1. The summed E-state index contributed by atoms with van der Waals surface area (Å²) in [7, 11) is -8.63. The van der Waals surface area contributed by atoms with Gasteiger partial charge in [0.15, 0.2) is 17.9 Å². The summed E-state index contributed by atoms with van der Waals surface area (Å²) >= 11 is 0. The van der Waals surface area contributed by atoms with Gasteiger partial charge in [-0.1, -0.05) is 42.5 Å². The number of aromatic nitrogens is 1. The van der Waals surface area contributed by atoms with Crippen LogP contribution in [-0.2, 0) is 27.8 Å². The van der Waals surface area contributed by atoms with Gasteiger partial charge in [0.2, 0.25) is 15.9 Å². The summed E-state index contributed by atoms with van der Waals surface area (Å²) in [5.41, 5.74) is 5.51. The van der Waals surface area contributed by atoms with Crippen molar-refractivity contribution in [3.8, 4) is 11.1 Å². The predicted molar refractivity (Wildman–Crippen MR) is 121 cm³/mol. The number of rotatable bonds is 8. The molecule has 0 aliphatic heterocycles. The first kappa shape index (κ1) is 29.3. The first-order chi connectivity index (χ1) is 16.7. The van der Waals surface area contributed by atoms with Gasteiger partial charge in [-0.15, -0.1) is 10.2 Å². The molecule has 0 bridgehead atoms. The number of primary sulfonamides is 1. The number of nitrogens with one attached hydrogen (secondary N) is 1. The Balaban J connectivity index is 0.000000830. The van der Waals surface area contributed by atoms with Crippen LogP contribution in [0.15, 0.2) is 71.6 Å². The van der Waals surface area contributed by atoms with Crippen molar-refractivity contribution in [3.63, 3.8) is 0 Å². The third-order valence-electron chi connectivity index (χ3n) is 5.24. The highest BCUT2D eigenvalue weighted by atomic mass is 35.7. The SMILES string of the molecule is Cc1cc(-c2ccccc2)cc(C)[n+]1CCC(=O)NCCc1ccc(S(N)(=O)=O)cc1.[O-][Cl+3]([O-])([O-])[O-]. The Kier molecular flexibility index (Phi) is 10.5. The maximum absolute atomic E-state index is 12.3. The Labute approximate surface area is 212 Å². The minimum Gasteiger partial charge on any atom is -0.356 e. The van der Waals surface area contributed by atoms with Crippen LogP contribution in [-0.4, -0.2) is 20.9 Å². The Morgan fingerprint density at radius 2 is 1.44 bits per heavy atom. The van der Waals surface area contributed by atoms with Crippen molar-refractivity contribution in [3.05, 3.63) is 83.7 Å². The fourth-order valence-electron chi connectivity index (χ4n) is 3.57. The predicted octanol–water partition coefficient (Wildman–Crippen LogP) is -2.10. The summed E-state index contributed by atoms with van der Waals surface area (Å²) in [5.74, 6) is -0.0143. The van der Waals surface area contributed by atoms with Gasteiger partial charge in [-0.25, -0.2) is 32.2 Å². The van der Waals surface area contributed by atoms with Crippen LogP contribution >= 0.6 is 0 Å². The number of halogens is 1. The molecule has 0 aliphatic rings. The molecular weight excluding hydrogens is 510 g/mol. The Morgan fingerprint density at radius 3 is 1.94 bits per heavy atom. The van der Waals surface area contributed by atoms with Crippen molar-refractivity contribution < 1.29 is 46.7 Å². The molecule has 0 atom stereocenters. The van der Waals surface area contributed by atoms with E-state index in [1.807, 2.05) is 18.2 Å². The Bertz CT molecular complexity index is 1230. The molecule has 0 saturated carbocycles. The number of nitrogens with zero attached hydrogens (tertiary/aromatic N) is 1. The van der Waals surface area contributed by atoms with Crippen LogP contribution in [0, 0.1) is 24.1 Å². The van der Waals surface area contributed by atoms with Crippen LogP contribution in [0.2, 0.25) is 0 Å². The molecule has 0 radical (unpaired) electrons. The lowest BCUT2D eigenvalue weighted by atomic mass is 10.0. The number of carbonyl (C=O) groups excluding carboxylic acids is 1. The van der Waals surface area contributed by atoms with Gasteiger partial charge in [0.05, 0.1) is 11.3 Å². The molecule has 0 fully saturated rings. The monoisotopic (exact) mass is 537 g/mol. The van der Waals surface area contributed by atoms with E-state index < -0.39 is 20.3 Å². The van der Waals surface area contributed by atoms with Gasteiger partial charge < -0.3 is 5.32 Å². The van der Waals surface area contributed by atoms with Crippen molar-refractivity contribution in [2.75, 3.05) is 6.54 Å². The lowest BCUT2D eigenvalue weighted by Gasteiger charge is -2.17. The van der Waals surface area contributed by atoms with E-state index in [0.717, 1.165) is 17.0 Å². The molecule has 0 unspecified atom stereocenters. The first-order valence-corrected chi connectivity index (χ1v) is 13.6. The Morgan fingerprint density at radius 1 is 0.917 bits per heavy atom. The summed E-state index contributed by atoms with van der Waals surface area (Å²) in [5, 5.41) is 8.03. The van der Waals surface area contributed by atoms with E-state index in [4.69, 9.17) is 23.8 Å². The quantitative estimate of drug-likeness (QED) is 0.308. The van der Waals surface area contributed by atoms with Gasteiger partial charge in [-0.05, 0) is 35.2 Å². The van der Waals surface area contributed by atoms with Crippen LogP contribution in [0.1, 0.15) is 23.4 Å². The third kappa shape index (κ3) is 10.4. The highest BCUT2D eigenvalue weighted by molar-refractivity contribution is 7.89. The van der Waals surface area contributed by atoms with Gasteiger partial charge in [0, 0.05) is 32.5 Å². The number of aryl methyl sites for hydroxylation is 2. The van der Waals surface area contributed by atoms with Gasteiger partial charge in [0.25, 0.3) is 0 Å². The summed E-state index contributed by atoms with van der Waals surface area (Å²) in [6.07, 6.45) is 1.01. The molecule has 10 nitrogen and oxygen atoms in total. The minimum atomic E-state index is -4.94. The van der Waals surface area contributed by atoms with Crippen LogP contribution in [0.5, 0.6) is 0 Å². The van der Waals surface area contributed by atoms with Crippen LogP contribution in [0.25, 0.3) is 11.1 Å². The third-order valence-corrected chi connectivity index (χ3v) is 6.17. The van der Waals surface area contributed by atoms with Crippen molar-refractivity contribution >= 4 is 15.9 Å². The Hall–Kier alpha value is -2.90. The van der Waals surface area contributed by atoms with Gasteiger partial charge >= 0.3 is 0 Å². The maximum Gasteiger partial charge on any atom is 0.238 e. The smallest absolute Gasteiger partial charge is 0.238 e. The van der Waals surface area contributed by atoms with E-state index >= 15 is 0 Å². The van der Waals surface area contributed by atoms with Crippen LogP contribution < -0.4 is 33.7 Å². The molecule has 1 amide bonds. The minimum absolute atomic E-state index is 0.0143. The standard InChI is InChI=1S/C24H27N3O3S.ClHO4/c1-18-16-22(21-6-4-3-5-7-21)17-19(2)27(18)15-13-24(28)26-14-12-20-8-10-23(11-9-20)31(25,29)30;2-1(3,4)5/h3-11,16-17H,12-15H2,1-2H3,(H2-,25,26,28,29,30);(H,2,3,4,5). The molecule has 3 N–H and O–H groups in total. The number of benzene rings is 2. The second-order valence-corrected chi connectivity index (χ2v) is 10.3. The molecular formula is C24H28ClN3O7S. The number of nitrogens with two attached hydrogens (primary N) is 1. The largest absolute Gasteiger partial charge is 0.356 e. The average Bonchev–Trinajstić information content (AvgIpc) is 2.77. The van der Waals surface area contributed by atoms with E-state index in [1.54, 1.807) is 12.1 Å². The fourth-order valence-corrected chi connectivity index (χ4v) is 4.08. The fraction of sp³-hybridized carbons (Fsp3) is 0.250. The van der Waals surface area contributed by atoms with Crippen LogP contribution in [0.4, 0.5) is 0 Å². The number of amides is 1. The second kappa shape index (κ2) is 12.9. The van der Waals surface area contributed by atoms with Crippen LogP contribution in [0.3, 0.4) is 0 Å². The van der Waals surface area contributed by atoms with Gasteiger partial charge in [-0.3, -0.25) is 4.79 Å². The molecule has 3 rings (SSSR count). The van der Waals surface area contributed by atoms with E-state index in [-0.39, 0.29) is 10.8 Å². The van der Waals surface area contributed by atoms with Crippen molar-refractivity contribution in [2.24, 2.45) is 5.14 Å². The van der Waals surface area contributed by atoms with E-state index in [9.17, 15) is 13.2 Å². The van der Waals surface area contributed by atoms with E-state index in [1.165, 1.54) is 23.3 Å². The van der Waals surface area contributed by atoms with E-state index in [2.05, 4.69) is 48.0 Å². The average molecular weight is 538 g/mol. The first-order valence-electron chi connectivity index (χ1n) is 10.8. The molecule has 12 heteroatoms. The number of pyridine rings is 1. The van der Waals surface area contributed by atoms with Crippen molar-refractivity contribution in [2.45, 2.75) is 38.1 Å².